The molecule has 0 aliphatic carbocycles. The molecule has 1 saturated heterocycles. The van der Waals surface area contributed by atoms with Gasteiger partial charge in [0, 0.05) is 43.2 Å². The Balaban J connectivity index is 1.28. The van der Waals surface area contributed by atoms with E-state index in [2.05, 4.69) is 26.5 Å². The van der Waals surface area contributed by atoms with Gasteiger partial charge in [-0.2, -0.15) is 4.98 Å². The Morgan fingerprint density at radius 1 is 0.912 bits per heavy atom. The number of fused-ring (bicyclic) bond motifs is 1. The van der Waals surface area contributed by atoms with Crippen LogP contribution in [0.25, 0.3) is 10.9 Å². The second-order valence-electron chi connectivity index (χ2n) is 9.25. The minimum atomic E-state index is 0.461. The van der Waals surface area contributed by atoms with E-state index >= 15 is 0 Å². The first-order chi connectivity index (χ1) is 16.6. The van der Waals surface area contributed by atoms with Crippen LogP contribution in [0.15, 0.2) is 12.1 Å². The Labute approximate surface area is 209 Å². The summed E-state index contributed by atoms with van der Waals surface area (Å²) < 4.78 is 10.8. The van der Waals surface area contributed by atoms with E-state index in [9.17, 15) is 0 Å². The minimum absolute atomic E-state index is 0.461. The normalized spacial score (nSPS) is 14.1. The Morgan fingerprint density at radius 2 is 1.53 bits per heavy atom. The van der Waals surface area contributed by atoms with E-state index in [1.807, 2.05) is 19.2 Å². The Hall–Kier alpha value is -1.93. The molecule has 8 heteroatoms. The van der Waals surface area contributed by atoms with Crippen LogP contribution < -0.4 is 20.1 Å². The molecule has 7 nitrogen and oxygen atoms in total. The van der Waals surface area contributed by atoms with Crippen molar-refractivity contribution in [2.24, 2.45) is 0 Å². The zero-order valence-corrected chi connectivity index (χ0v) is 22.2. The van der Waals surface area contributed by atoms with E-state index in [0.717, 1.165) is 23.9 Å². The number of thioether (sulfide) groups is 1. The molecule has 34 heavy (non-hydrogen) atoms. The molecule has 1 aromatic heterocycles. The molecule has 0 bridgehead atoms. The summed E-state index contributed by atoms with van der Waals surface area (Å²) in [7, 11) is 5.26. The van der Waals surface area contributed by atoms with Crippen LogP contribution in [0.2, 0.25) is 0 Å². The van der Waals surface area contributed by atoms with Gasteiger partial charge < -0.3 is 20.1 Å². The lowest BCUT2D eigenvalue weighted by atomic mass is 10.1. The minimum Gasteiger partial charge on any atom is -0.493 e. The van der Waals surface area contributed by atoms with Gasteiger partial charge in [-0.1, -0.05) is 51.4 Å². The lowest BCUT2D eigenvalue weighted by Crippen LogP contribution is -2.21. The fourth-order valence-electron chi connectivity index (χ4n) is 4.46. The molecule has 1 aliphatic heterocycles. The van der Waals surface area contributed by atoms with Gasteiger partial charge in [0.05, 0.1) is 19.7 Å². The molecule has 0 amide bonds. The number of anilines is 2. The first-order valence-electron chi connectivity index (χ1n) is 12.8. The fraction of sp³-hybridized carbons (Fsp3) is 0.692. The zero-order valence-electron chi connectivity index (χ0n) is 21.4. The van der Waals surface area contributed by atoms with E-state index in [-0.39, 0.29) is 0 Å². The molecular weight excluding hydrogens is 446 g/mol. The number of nitrogen functional groups attached to an aromatic ring is 1. The molecule has 2 aromatic rings. The van der Waals surface area contributed by atoms with Crippen molar-refractivity contribution >= 4 is 34.4 Å². The second kappa shape index (κ2) is 14.5. The van der Waals surface area contributed by atoms with Crippen molar-refractivity contribution in [2.45, 2.75) is 64.2 Å². The van der Waals surface area contributed by atoms with E-state index in [1.165, 1.54) is 82.5 Å². The Morgan fingerprint density at radius 3 is 2.15 bits per heavy atom. The highest BCUT2D eigenvalue weighted by Crippen LogP contribution is 2.34. The number of aromatic nitrogens is 2. The smallest absolute Gasteiger partial charge is 0.227 e. The standard InChI is InChI=1S/C26H43N5O2S/c1-30(26-28-22-19-24(33-3)23(32-2)18-21(22)25(27)29-26)14-12-10-8-6-4-5-7-9-11-13-15-31-16-17-34-20-31/h18-19H,4-17,20H2,1-3H3,(H2,27,28,29). The van der Waals surface area contributed by atoms with E-state index < -0.39 is 0 Å². The van der Waals surface area contributed by atoms with Gasteiger partial charge in [0.25, 0.3) is 0 Å². The van der Waals surface area contributed by atoms with Gasteiger partial charge in [-0.15, -0.1) is 11.8 Å². The zero-order chi connectivity index (χ0) is 24.2. The van der Waals surface area contributed by atoms with Crippen molar-refractivity contribution in [1.82, 2.24) is 14.9 Å². The number of nitrogens with zero attached hydrogens (tertiary/aromatic N) is 4. The molecule has 1 aromatic carbocycles. The van der Waals surface area contributed by atoms with Gasteiger partial charge in [0.2, 0.25) is 5.95 Å². The number of rotatable bonds is 16. The molecule has 3 rings (SSSR count). The van der Waals surface area contributed by atoms with Crippen LogP contribution in [0.1, 0.15) is 64.2 Å². The van der Waals surface area contributed by atoms with Crippen molar-refractivity contribution in [3.8, 4) is 11.5 Å². The van der Waals surface area contributed by atoms with Crippen LogP contribution >= 0.6 is 11.8 Å². The summed E-state index contributed by atoms with van der Waals surface area (Å²) in [6.45, 7) is 3.53. The highest BCUT2D eigenvalue weighted by atomic mass is 32.2. The summed E-state index contributed by atoms with van der Waals surface area (Å²) in [4.78, 5) is 13.9. The van der Waals surface area contributed by atoms with Gasteiger partial charge >= 0.3 is 0 Å². The van der Waals surface area contributed by atoms with Crippen LogP contribution in [-0.2, 0) is 0 Å². The van der Waals surface area contributed by atoms with Crippen molar-refractivity contribution in [3.05, 3.63) is 12.1 Å². The van der Waals surface area contributed by atoms with Gasteiger partial charge in [0.15, 0.2) is 11.5 Å². The molecule has 2 N–H and O–H groups in total. The molecule has 0 saturated carbocycles. The highest BCUT2D eigenvalue weighted by Gasteiger charge is 2.14. The van der Waals surface area contributed by atoms with Crippen LogP contribution in [0.5, 0.6) is 11.5 Å². The summed E-state index contributed by atoms with van der Waals surface area (Å²) in [6, 6.07) is 3.69. The largest absolute Gasteiger partial charge is 0.493 e. The van der Waals surface area contributed by atoms with Crippen molar-refractivity contribution in [1.29, 1.82) is 0 Å². The molecule has 1 aliphatic rings. The molecule has 0 radical (unpaired) electrons. The van der Waals surface area contributed by atoms with Gasteiger partial charge in [0.1, 0.15) is 5.82 Å². The molecule has 0 spiro atoms. The Kier molecular flexibility index (Phi) is 11.3. The number of hydrogen-bond donors (Lipinski definition) is 1. The number of unbranched alkanes of at least 4 members (excludes halogenated alkanes) is 9. The summed E-state index contributed by atoms with van der Waals surface area (Å²) in [5, 5.41) is 0.778. The summed E-state index contributed by atoms with van der Waals surface area (Å²) in [5.74, 6) is 4.97. The lowest BCUT2D eigenvalue weighted by Gasteiger charge is -2.18. The van der Waals surface area contributed by atoms with Crippen LogP contribution in [0.3, 0.4) is 0 Å². The van der Waals surface area contributed by atoms with Crippen molar-refractivity contribution < 1.29 is 9.47 Å². The van der Waals surface area contributed by atoms with Gasteiger partial charge in [-0.05, 0) is 25.5 Å². The molecule has 1 fully saturated rings. The highest BCUT2D eigenvalue weighted by molar-refractivity contribution is 7.99. The number of ether oxygens (including phenoxy) is 2. The topological polar surface area (TPSA) is 76.7 Å². The third-order valence-corrected chi connectivity index (χ3v) is 7.62. The maximum Gasteiger partial charge on any atom is 0.227 e. The van der Waals surface area contributed by atoms with E-state index in [1.54, 1.807) is 14.2 Å². The van der Waals surface area contributed by atoms with Gasteiger partial charge in [-0.3, -0.25) is 4.90 Å². The summed E-state index contributed by atoms with van der Waals surface area (Å²) >= 11 is 2.07. The quantitative estimate of drug-likeness (QED) is 0.307. The summed E-state index contributed by atoms with van der Waals surface area (Å²) in [6.07, 6.45) is 13.4. The number of methoxy groups -OCH3 is 2. The van der Waals surface area contributed by atoms with E-state index in [4.69, 9.17) is 20.2 Å². The summed E-state index contributed by atoms with van der Waals surface area (Å²) in [5.41, 5.74) is 6.99. The number of benzene rings is 1. The molecule has 0 atom stereocenters. The maximum atomic E-state index is 6.22. The molecule has 190 valence electrons. The van der Waals surface area contributed by atoms with Crippen molar-refractivity contribution in [2.75, 3.05) is 63.2 Å². The number of hydrogen-bond acceptors (Lipinski definition) is 8. The fourth-order valence-corrected chi connectivity index (χ4v) is 5.50. The monoisotopic (exact) mass is 489 g/mol. The average Bonchev–Trinajstić information content (AvgIpc) is 3.37. The Bertz CT molecular complexity index is 876. The average molecular weight is 490 g/mol. The maximum absolute atomic E-state index is 6.22. The van der Waals surface area contributed by atoms with E-state index in [0.29, 0.717) is 23.3 Å². The molecule has 0 unspecified atom stereocenters. The van der Waals surface area contributed by atoms with Crippen LogP contribution in [-0.4, -0.2) is 67.4 Å². The first-order valence-corrected chi connectivity index (χ1v) is 14.0. The first kappa shape index (κ1) is 26.7. The molecule has 2 heterocycles. The molecular formula is C26H43N5O2S. The number of nitrogens with two attached hydrogens (primary N) is 1. The second-order valence-corrected chi connectivity index (χ2v) is 10.3. The third kappa shape index (κ3) is 8.08. The SMILES string of the molecule is COc1cc2nc(N(C)CCCCCCCCCCCCN3CCSC3)nc(N)c2cc1OC. The predicted octanol–water partition coefficient (Wildman–Crippen LogP) is 5.57. The lowest BCUT2D eigenvalue weighted by molar-refractivity contribution is 0.343. The van der Waals surface area contributed by atoms with Crippen molar-refractivity contribution in [3.63, 3.8) is 0 Å². The van der Waals surface area contributed by atoms with Gasteiger partial charge in [-0.25, -0.2) is 4.98 Å². The van der Waals surface area contributed by atoms with Crippen LogP contribution in [0.4, 0.5) is 11.8 Å². The predicted molar refractivity (Wildman–Crippen MR) is 145 cm³/mol. The third-order valence-electron chi connectivity index (χ3n) is 6.60. The van der Waals surface area contributed by atoms with Crippen LogP contribution in [0, 0.1) is 0 Å².